The second kappa shape index (κ2) is 6.07. The Bertz CT molecular complexity index is 393. The van der Waals surface area contributed by atoms with Crippen molar-refractivity contribution in [2.24, 2.45) is 0 Å². The zero-order valence-corrected chi connectivity index (χ0v) is 11.2. The van der Waals surface area contributed by atoms with Gasteiger partial charge >= 0.3 is 0 Å². The molecule has 0 aliphatic carbocycles. The molecule has 1 rings (SSSR count). The summed E-state index contributed by atoms with van der Waals surface area (Å²) in [5, 5.41) is 0.412. The van der Waals surface area contributed by atoms with Gasteiger partial charge in [-0.25, -0.2) is 0 Å². The number of hydrogen-bond acceptors (Lipinski definition) is 3. The van der Waals surface area contributed by atoms with Crippen LogP contribution in [0.1, 0.15) is 16.8 Å². The number of ether oxygens (including phenoxy) is 2. The second-order valence-corrected chi connectivity index (χ2v) is 4.10. The molecule has 0 radical (unpaired) electrons. The summed E-state index contributed by atoms with van der Waals surface area (Å²) in [7, 11) is 5.51. The highest BCUT2D eigenvalue weighted by Gasteiger charge is 2.19. The molecule has 5 heteroatoms. The van der Waals surface area contributed by atoms with Gasteiger partial charge in [-0.15, -0.1) is 9.24 Å². The van der Waals surface area contributed by atoms with E-state index < -0.39 is 0 Å². The molecule has 0 fully saturated rings. The van der Waals surface area contributed by atoms with Gasteiger partial charge in [0.2, 0.25) is 0 Å². The molecule has 0 spiro atoms. The van der Waals surface area contributed by atoms with Gasteiger partial charge in [-0.3, -0.25) is 4.79 Å². The van der Waals surface area contributed by atoms with Crippen LogP contribution in [-0.2, 0) is 0 Å². The Kier molecular flexibility index (Phi) is 5.04. The van der Waals surface area contributed by atoms with Crippen molar-refractivity contribution in [2.45, 2.75) is 6.42 Å². The number of carbonyl (C=O) groups excluding carboxylic acids is 1. The quantitative estimate of drug-likeness (QED) is 0.603. The van der Waals surface area contributed by atoms with E-state index in [4.69, 9.17) is 21.1 Å². The summed E-state index contributed by atoms with van der Waals surface area (Å²) in [6.07, 6.45) is 1.11. The highest BCUT2D eigenvalue weighted by molar-refractivity contribution is 7.16. The van der Waals surface area contributed by atoms with E-state index >= 15 is 0 Å². The molecule has 0 saturated heterocycles. The maximum atomic E-state index is 11.9. The topological polar surface area (TPSA) is 35.5 Å². The molecule has 0 saturated carbocycles. The summed E-state index contributed by atoms with van der Waals surface area (Å²) >= 11 is 5.96. The van der Waals surface area contributed by atoms with Crippen molar-refractivity contribution in [2.75, 3.05) is 20.4 Å². The number of ketones is 1. The molecule has 16 heavy (non-hydrogen) atoms. The summed E-state index contributed by atoms with van der Waals surface area (Å²) in [6, 6.07) is 3.32. The van der Waals surface area contributed by atoms with Gasteiger partial charge in [0.25, 0.3) is 0 Å². The Morgan fingerprint density at radius 2 is 2.06 bits per heavy atom. The van der Waals surface area contributed by atoms with Crippen LogP contribution in [0, 0.1) is 0 Å². The predicted molar refractivity (Wildman–Crippen MR) is 68.1 cm³/mol. The molecule has 88 valence electrons. The fraction of sp³-hybridized carbons (Fsp3) is 0.364. The largest absolute Gasteiger partial charge is 0.496 e. The lowest BCUT2D eigenvalue weighted by Crippen LogP contribution is -2.06. The molecule has 0 aliphatic rings. The summed E-state index contributed by atoms with van der Waals surface area (Å²) in [5.74, 6) is 0.834. The number of hydrogen-bond donors (Lipinski definition) is 0. The van der Waals surface area contributed by atoms with Crippen LogP contribution in [0.25, 0.3) is 0 Å². The van der Waals surface area contributed by atoms with Crippen LogP contribution < -0.4 is 9.47 Å². The third kappa shape index (κ3) is 2.66. The minimum Gasteiger partial charge on any atom is -0.496 e. The second-order valence-electron chi connectivity index (χ2n) is 3.12. The predicted octanol–water partition coefficient (Wildman–Crippen LogP) is 2.81. The smallest absolute Gasteiger partial charge is 0.170 e. The molecule has 0 aromatic heterocycles. The van der Waals surface area contributed by atoms with E-state index in [-0.39, 0.29) is 5.78 Å². The first-order chi connectivity index (χ1) is 7.65. The summed E-state index contributed by atoms with van der Waals surface area (Å²) in [5.41, 5.74) is 0.417. The van der Waals surface area contributed by atoms with Crippen LogP contribution >= 0.6 is 20.8 Å². The molecule has 1 atom stereocenters. The Balaban J connectivity index is 3.30. The molecule has 1 aromatic carbocycles. The molecule has 0 amide bonds. The molecule has 3 nitrogen and oxygen atoms in total. The van der Waals surface area contributed by atoms with E-state index in [2.05, 4.69) is 9.24 Å². The molecular formula is C11H14ClO3P. The highest BCUT2D eigenvalue weighted by Crippen LogP contribution is 2.36. The van der Waals surface area contributed by atoms with E-state index in [0.717, 1.165) is 0 Å². The molecule has 0 heterocycles. The van der Waals surface area contributed by atoms with Crippen LogP contribution in [-0.4, -0.2) is 26.2 Å². The third-order valence-corrected chi connectivity index (χ3v) is 2.73. The minimum absolute atomic E-state index is 0.0359. The number of rotatable bonds is 5. The average molecular weight is 261 g/mol. The maximum absolute atomic E-state index is 11.9. The fourth-order valence-electron chi connectivity index (χ4n) is 1.43. The zero-order valence-electron chi connectivity index (χ0n) is 9.25. The van der Waals surface area contributed by atoms with Crippen LogP contribution in [0.15, 0.2) is 12.1 Å². The summed E-state index contributed by atoms with van der Waals surface area (Å²) in [4.78, 5) is 11.9. The van der Waals surface area contributed by atoms with Crippen molar-refractivity contribution in [3.05, 3.63) is 22.7 Å². The third-order valence-electron chi connectivity index (χ3n) is 2.15. The van der Waals surface area contributed by atoms with Crippen molar-refractivity contribution in [3.63, 3.8) is 0 Å². The summed E-state index contributed by atoms with van der Waals surface area (Å²) in [6.45, 7) is 0. The van der Waals surface area contributed by atoms with Crippen LogP contribution in [0.4, 0.5) is 0 Å². The lowest BCUT2D eigenvalue weighted by Gasteiger charge is -2.13. The van der Waals surface area contributed by atoms with E-state index in [0.29, 0.717) is 34.7 Å². The normalized spacial score (nSPS) is 10.0. The number of carbonyl (C=O) groups is 1. The zero-order chi connectivity index (χ0) is 12.1. The van der Waals surface area contributed by atoms with E-state index in [1.807, 2.05) is 0 Å². The maximum Gasteiger partial charge on any atom is 0.170 e. The lowest BCUT2D eigenvalue weighted by molar-refractivity contribution is 0.0983. The van der Waals surface area contributed by atoms with Gasteiger partial charge in [0.05, 0.1) is 19.2 Å². The molecule has 0 bridgehead atoms. The SMILES string of the molecule is COc1ccc(Cl)c(OC)c1C(=O)CCP. The van der Waals surface area contributed by atoms with Crippen LogP contribution in [0.2, 0.25) is 5.02 Å². The van der Waals surface area contributed by atoms with Gasteiger partial charge < -0.3 is 9.47 Å². The average Bonchev–Trinajstić information content (AvgIpc) is 2.28. The first kappa shape index (κ1) is 13.3. The number of methoxy groups -OCH3 is 2. The Morgan fingerprint density at radius 1 is 1.38 bits per heavy atom. The Labute approximate surface area is 102 Å². The van der Waals surface area contributed by atoms with Crippen molar-refractivity contribution in [1.29, 1.82) is 0 Å². The Hall–Kier alpha value is -0.790. The lowest BCUT2D eigenvalue weighted by atomic mass is 10.1. The first-order valence-corrected chi connectivity index (χ1v) is 5.98. The minimum atomic E-state index is -0.0359. The molecule has 1 aromatic rings. The van der Waals surface area contributed by atoms with Crippen molar-refractivity contribution in [1.82, 2.24) is 0 Å². The van der Waals surface area contributed by atoms with Crippen molar-refractivity contribution < 1.29 is 14.3 Å². The van der Waals surface area contributed by atoms with Gasteiger partial charge in [0.1, 0.15) is 11.3 Å². The van der Waals surface area contributed by atoms with Crippen molar-refractivity contribution >= 4 is 26.6 Å². The summed E-state index contributed by atoms with van der Waals surface area (Å²) < 4.78 is 10.3. The van der Waals surface area contributed by atoms with Gasteiger partial charge in [0.15, 0.2) is 11.5 Å². The monoisotopic (exact) mass is 260 g/mol. The number of benzene rings is 1. The van der Waals surface area contributed by atoms with E-state index in [1.165, 1.54) is 14.2 Å². The standard InChI is InChI=1S/C11H14ClO3P/c1-14-9-4-3-7(12)11(15-2)10(9)8(13)5-6-16/h3-4H,5-6,16H2,1-2H3. The first-order valence-electron chi connectivity index (χ1n) is 4.79. The van der Waals surface area contributed by atoms with Crippen molar-refractivity contribution in [3.8, 4) is 11.5 Å². The number of halogens is 1. The number of Topliss-reactive ketones (excluding diaryl/α,β-unsaturated/α-hetero) is 1. The fourth-order valence-corrected chi connectivity index (χ4v) is 1.93. The molecule has 0 N–H and O–H groups in total. The van der Waals surface area contributed by atoms with Gasteiger partial charge in [-0.1, -0.05) is 11.6 Å². The molecular weight excluding hydrogens is 247 g/mol. The molecule has 0 aliphatic heterocycles. The molecule has 1 unspecified atom stereocenters. The van der Waals surface area contributed by atoms with E-state index in [9.17, 15) is 4.79 Å². The van der Waals surface area contributed by atoms with Gasteiger partial charge in [0, 0.05) is 6.42 Å². The van der Waals surface area contributed by atoms with Crippen LogP contribution in [0.5, 0.6) is 11.5 Å². The van der Waals surface area contributed by atoms with E-state index in [1.54, 1.807) is 12.1 Å². The van der Waals surface area contributed by atoms with Gasteiger partial charge in [-0.2, -0.15) is 0 Å². The Morgan fingerprint density at radius 3 is 2.56 bits per heavy atom. The van der Waals surface area contributed by atoms with Crippen LogP contribution in [0.3, 0.4) is 0 Å². The highest BCUT2D eigenvalue weighted by atomic mass is 35.5. The van der Waals surface area contributed by atoms with Gasteiger partial charge in [-0.05, 0) is 18.3 Å².